The van der Waals surface area contributed by atoms with E-state index in [4.69, 9.17) is 0 Å². The standard InChI is InChI=1S/C17H18BrFN2O/c1-12-3-8-15(9-16(12)18)20-17(22)11-21(2)10-13-4-6-14(19)7-5-13/h3-9H,10-11H2,1-2H3,(H,20,22). The number of hydrogen-bond acceptors (Lipinski definition) is 2. The number of nitrogens with zero attached hydrogens (tertiary/aromatic N) is 1. The van der Waals surface area contributed by atoms with Gasteiger partial charge in [0.2, 0.25) is 5.91 Å². The number of amides is 1. The molecule has 22 heavy (non-hydrogen) atoms. The summed E-state index contributed by atoms with van der Waals surface area (Å²) in [7, 11) is 1.86. The largest absolute Gasteiger partial charge is 0.325 e. The van der Waals surface area contributed by atoms with Gasteiger partial charge in [-0.3, -0.25) is 9.69 Å². The van der Waals surface area contributed by atoms with Crippen LogP contribution < -0.4 is 5.32 Å². The Hall–Kier alpha value is -1.72. The molecule has 0 bridgehead atoms. The van der Waals surface area contributed by atoms with Gasteiger partial charge in [-0.25, -0.2) is 4.39 Å². The molecule has 0 unspecified atom stereocenters. The first-order chi connectivity index (χ1) is 10.4. The first-order valence-corrected chi connectivity index (χ1v) is 7.72. The van der Waals surface area contributed by atoms with Crippen LogP contribution in [0.1, 0.15) is 11.1 Å². The number of hydrogen-bond donors (Lipinski definition) is 1. The summed E-state index contributed by atoms with van der Waals surface area (Å²) in [6.45, 7) is 2.85. The van der Waals surface area contributed by atoms with E-state index in [0.717, 1.165) is 21.3 Å². The van der Waals surface area contributed by atoms with E-state index in [-0.39, 0.29) is 18.3 Å². The van der Waals surface area contributed by atoms with Gasteiger partial charge < -0.3 is 5.32 Å². The molecule has 0 saturated carbocycles. The van der Waals surface area contributed by atoms with E-state index in [0.29, 0.717) is 6.54 Å². The van der Waals surface area contributed by atoms with Gasteiger partial charge in [0.25, 0.3) is 0 Å². The third-order valence-corrected chi connectivity index (χ3v) is 4.09. The second-order valence-corrected chi connectivity index (χ2v) is 6.17. The highest BCUT2D eigenvalue weighted by Gasteiger charge is 2.08. The summed E-state index contributed by atoms with van der Waals surface area (Å²) in [4.78, 5) is 13.9. The van der Waals surface area contributed by atoms with Gasteiger partial charge in [-0.15, -0.1) is 0 Å². The summed E-state index contributed by atoms with van der Waals surface area (Å²) in [5.41, 5.74) is 2.85. The normalized spacial score (nSPS) is 10.8. The van der Waals surface area contributed by atoms with Crippen molar-refractivity contribution in [2.75, 3.05) is 18.9 Å². The van der Waals surface area contributed by atoms with Crippen LogP contribution in [0, 0.1) is 12.7 Å². The van der Waals surface area contributed by atoms with Gasteiger partial charge >= 0.3 is 0 Å². The van der Waals surface area contributed by atoms with Gasteiger partial charge in [0.15, 0.2) is 0 Å². The van der Waals surface area contributed by atoms with Gasteiger partial charge in [-0.05, 0) is 49.4 Å². The van der Waals surface area contributed by atoms with Crippen molar-refractivity contribution in [3.63, 3.8) is 0 Å². The van der Waals surface area contributed by atoms with Crippen molar-refractivity contribution in [2.24, 2.45) is 0 Å². The molecular weight excluding hydrogens is 347 g/mol. The molecular formula is C17H18BrFN2O. The summed E-state index contributed by atoms with van der Waals surface area (Å²) >= 11 is 3.44. The lowest BCUT2D eigenvalue weighted by atomic mass is 10.2. The lowest BCUT2D eigenvalue weighted by Crippen LogP contribution is -2.29. The monoisotopic (exact) mass is 364 g/mol. The summed E-state index contributed by atoms with van der Waals surface area (Å²) in [6, 6.07) is 12.0. The molecule has 0 aliphatic heterocycles. The molecule has 1 amide bonds. The van der Waals surface area contributed by atoms with E-state index >= 15 is 0 Å². The Labute approximate surface area is 138 Å². The number of rotatable bonds is 5. The molecule has 1 N–H and O–H groups in total. The predicted molar refractivity (Wildman–Crippen MR) is 90.2 cm³/mol. The highest BCUT2D eigenvalue weighted by molar-refractivity contribution is 9.10. The number of halogens is 2. The van der Waals surface area contributed by atoms with E-state index in [9.17, 15) is 9.18 Å². The van der Waals surface area contributed by atoms with Crippen molar-refractivity contribution < 1.29 is 9.18 Å². The fourth-order valence-electron chi connectivity index (χ4n) is 2.07. The Morgan fingerprint density at radius 2 is 1.91 bits per heavy atom. The van der Waals surface area contributed by atoms with E-state index in [1.165, 1.54) is 12.1 Å². The first kappa shape index (κ1) is 16.6. The number of benzene rings is 2. The van der Waals surface area contributed by atoms with Crippen LogP contribution in [0.25, 0.3) is 0 Å². The molecule has 2 aromatic rings. The van der Waals surface area contributed by atoms with Crippen molar-refractivity contribution >= 4 is 27.5 Å². The molecule has 0 heterocycles. The minimum atomic E-state index is -0.255. The van der Waals surface area contributed by atoms with Crippen LogP contribution in [0.3, 0.4) is 0 Å². The quantitative estimate of drug-likeness (QED) is 0.870. The lowest BCUT2D eigenvalue weighted by Gasteiger charge is -2.16. The van der Waals surface area contributed by atoms with Crippen LogP contribution >= 0.6 is 15.9 Å². The SMILES string of the molecule is Cc1ccc(NC(=O)CN(C)Cc2ccc(F)cc2)cc1Br. The first-order valence-electron chi connectivity index (χ1n) is 6.93. The summed E-state index contributed by atoms with van der Waals surface area (Å²) in [5, 5.41) is 2.87. The molecule has 0 saturated heterocycles. The topological polar surface area (TPSA) is 32.3 Å². The predicted octanol–water partition coefficient (Wildman–Crippen LogP) is 3.97. The maximum atomic E-state index is 12.9. The second-order valence-electron chi connectivity index (χ2n) is 5.31. The van der Waals surface area contributed by atoms with E-state index in [2.05, 4.69) is 21.2 Å². The van der Waals surface area contributed by atoms with Crippen LogP contribution in [-0.2, 0) is 11.3 Å². The molecule has 116 valence electrons. The summed E-state index contributed by atoms with van der Waals surface area (Å²) < 4.78 is 13.8. The number of aryl methyl sites for hydroxylation is 1. The molecule has 3 nitrogen and oxygen atoms in total. The Morgan fingerprint density at radius 3 is 2.55 bits per heavy atom. The number of carbonyl (C=O) groups excluding carboxylic acids is 1. The van der Waals surface area contributed by atoms with Crippen molar-refractivity contribution in [3.05, 3.63) is 63.9 Å². The van der Waals surface area contributed by atoms with Crippen LogP contribution in [0.2, 0.25) is 0 Å². The zero-order chi connectivity index (χ0) is 16.1. The average Bonchev–Trinajstić information content (AvgIpc) is 2.45. The van der Waals surface area contributed by atoms with Crippen LogP contribution in [-0.4, -0.2) is 24.4 Å². The van der Waals surface area contributed by atoms with Gasteiger partial charge in [-0.2, -0.15) is 0 Å². The fourth-order valence-corrected chi connectivity index (χ4v) is 2.45. The highest BCUT2D eigenvalue weighted by atomic mass is 79.9. The molecule has 0 aliphatic carbocycles. The molecule has 0 radical (unpaired) electrons. The Balaban J connectivity index is 1.88. The molecule has 0 aliphatic rings. The number of likely N-dealkylation sites (N-methyl/N-ethyl adjacent to an activating group) is 1. The van der Waals surface area contributed by atoms with Crippen molar-refractivity contribution in [1.82, 2.24) is 4.90 Å². The summed E-state index contributed by atoms with van der Waals surface area (Å²) in [6.07, 6.45) is 0. The van der Waals surface area contributed by atoms with Crippen LogP contribution in [0.4, 0.5) is 10.1 Å². The number of carbonyl (C=O) groups is 1. The van der Waals surface area contributed by atoms with E-state index in [1.807, 2.05) is 37.1 Å². The van der Waals surface area contributed by atoms with Crippen molar-refractivity contribution in [1.29, 1.82) is 0 Å². The van der Waals surface area contributed by atoms with Crippen molar-refractivity contribution in [3.8, 4) is 0 Å². The van der Waals surface area contributed by atoms with Crippen LogP contribution in [0.5, 0.6) is 0 Å². The maximum Gasteiger partial charge on any atom is 0.238 e. The zero-order valence-corrected chi connectivity index (χ0v) is 14.2. The van der Waals surface area contributed by atoms with Gasteiger partial charge in [-0.1, -0.05) is 34.1 Å². The van der Waals surface area contributed by atoms with Crippen LogP contribution in [0.15, 0.2) is 46.9 Å². The smallest absolute Gasteiger partial charge is 0.238 e. The highest BCUT2D eigenvalue weighted by Crippen LogP contribution is 2.20. The van der Waals surface area contributed by atoms with Gasteiger partial charge in [0.05, 0.1) is 6.54 Å². The third kappa shape index (κ3) is 4.93. The minimum absolute atomic E-state index is 0.0830. The van der Waals surface area contributed by atoms with Crippen molar-refractivity contribution in [2.45, 2.75) is 13.5 Å². The fraction of sp³-hybridized carbons (Fsp3) is 0.235. The number of anilines is 1. The zero-order valence-electron chi connectivity index (χ0n) is 12.6. The minimum Gasteiger partial charge on any atom is -0.325 e. The Bertz CT molecular complexity index is 658. The molecule has 5 heteroatoms. The van der Waals surface area contributed by atoms with E-state index < -0.39 is 0 Å². The summed E-state index contributed by atoms with van der Waals surface area (Å²) in [5.74, 6) is -0.338. The maximum absolute atomic E-state index is 12.9. The Kier molecular flexibility index (Phi) is 5.69. The Morgan fingerprint density at radius 1 is 1.23 bits per heavy atom. The number of nitrogens with one attached hydrogen (secondary N) is 1. The van der Waals surface area contributed by atoms with E-state index in [1.54, 1.807) is 12.1 Å². The molecule has 0 atom stereocenters. The average molecular weight is 365 g/mol. The molecule has 0 spiro atoms. The molecule has 2 aromatic carbocycles. The van der Waals surface area contributed by atoms with Gasteiger partial charge in [0.1, 0.15) is 5.82 Å². The molecule has 2 rings (SSSR count). The van der Waals surface area contributed by atoms with Gasteiger partial charge in [0, 0.05) is 16.7 Å². The second kappa shape index (κ2) is 7.51. The lowest BCUT2D eigenvalue weighted by molar-refractivity contribution is -0.117. The molecule has 0 fully saturated rings. The third-order valence-electron chi connectivity index (χ3n) is 3.23. The molecule has 0 aromatic heterocycles.